The third-order valence-electron chi connectivity index (χ3n) is 1.32. The Labute approximate surface area is 98.3 Å². The fourth-order valence-electron chi connectivity index (χ4n) is 0.839. The van der Waals surface area contributed by atoms with Crippen LogP contribution in [0, 0.1) is 10.8 Å². The van der Waals surface area contributed by atoms with Gasteiger partial charge in [-0.1, -0.05) is 12.1 Å². The average Bonchev–Trinajstić information content (AvgIpc) is 2.32. The van der Waals surface area contributed by atoms with Crippen LogP contribution >= 0.6 is 0 Å². The summed E-state index contributed by atoms with van der Waals surface area (Å²) in [5.41, 5.74) is 3.53. The quantitative estimate of drug-likeness (QED) is 0.420. The summed E-state index contributed by atoms with van der Waals surface area (Å²) in [6.45, 7) is 0. The highest BCUT2D eigenvalue weighted by Gasteiger charge is 1.97. The predicted octanol–water partition coefficient (Wildman–Crippen LogP) is 1.47. The second-order valence-corrected chi connectivity index (χ2v) is 2.21. The number of nitrogens with one attached hydrogen (secondary N) is 3. The summed E-state index contributed by atoms with van der Waals surface area (Å²) in [6.07, 6.45) is 1.50. The Morgan fingerprint density at radius 2 is 1.59 bits per heavy atom. The zero-order chi connectivity index (χ0) is 13.5. The lowest BCUT2D eigenvalue weighted by atomic mass is 10.3. The molecule has 92 valence electrons. The third kappa shape index (κ3) is 9.84. The number of isocyanates is 2. The van der Waals surface area contributed by atoms with E-state index in [1.54, 1.807) is 14.2 Å². The molecule has 0 saturated carbocycles. The molecule has 0 aliphatic heterocycles. The molecule has 0 unspecified atom stereocenters. The maximum Gasteiger partial charge on any atom is 0.231 e. The van der Waals surface area contributed by atoms with Crippen LogP contribution in [0.5, 0.6) is 5.75 Å². The standard InChI is InChI=1S/C8H11NO2.2CHNO/c1-10-8-6-4-3-5-7(8)9-11-2;2*2-1-3/h3-6,9H,1-2H3;2*2H. The maximum absolute atomic E-state index is 8.35. The van der Waals surface area contributed by atoms with Gasteiger partial charge in [0.1, 0.15) is 11.4 Å². The second kappa shape index (κ2) is 13.5. The van der Waals surface area contributed by atoms with E-state index in [2.05, 4.69) is 5.48 Å². The summed E-state index contributed by atoms with van der Waals surface area (Å²) in [4.78, 5) is 21.4. The van der Waals surface area contributed by atoms with Gasteiger partial charge in [0, 0.05) is 0 Å². The molecule has 0 fully saturated rings. The van der Waals surface area contributed by atoms with Gasteiger partial charge in [0.15, 0.2) is 0 Å². The number of hydrogen-bond donors (Lipinski definition) is 3. The van der Waals surface area contributed by atoms with Crippen LogP contribution in [0.2, 0.25) is 0 Å². The molecule has 0 bridgehead atoms. The van der Waals surface area contributed by atoms with E-state index in [0.29, 0.717) is 0 Å². The van der Waals surface area contributed by atoms with E-state index in [4.69, 9.17) is 30.0 Å². The Morgan fingerprint density at radius 1 is 1.12 bits per heavy atom. The van der Waals surface area contributed by atoms with E-state index in [9.17, 15) is 0 Å². The van der Waals surface area contributed by atoms with Crippen LogP contribution in [0.3, 0.4) is 0 Å². The van der Waals surface area contributed by atoms with Gasteiger partial charge >= 0.3 is 0 Å². The number of anilines is 1. The molecule has 1 aromatic rings. The van der Waals surface area contributed by atoms with E-state index in [0.717, 1.165) is 23.6 Å². The topological polar surface area (TPSA) is 112 Å². The third-order valence-corrected chi connectivity index (χ3v) is 1.32. The molecule has 0 radical (unpaired) electrons. The van der Waals surface area contributed by atoms with Crippen LogP contribution < -0.4 is 10.2 Å². The summed E-state index contributed by atoms with van der Waals surface area (Å²) in [5, 5.41) is 10.8. The van der Waals surface area contributed by atoms with Gasteiger partial charge in [-0.25, -0.2) is 20.4 Å². The lowest BCUT2D eigenvalue weighted by Gasteiger charge is -2.07. The van der Waals surface area contributed by atoms with Crippen molar-refractivity contribution in [1.82, 2.24) is 0 Å². The molecular formula is C10H13N3O4. The largest absolute Gasteiger partial charge is 0.495 e. The van der Waals surface area contributed by atoms with Crippen molar-refractivity contribution in [3.05, 3.63) is 24.3 Å². The van der Waals surface area contributed by atoms with E-state index in [-0.39, 0.29) is 0 Å². The monoisotopic (exact) mass is 239 g/mol. The van der Waals surface area contributed by atoms with Gasteiger partial charge < -0.3 is 4.74 Å². The molecule has 7 heteroatoms. The van der Waals surface area contributed by atoms with Crippen LogP contribution in [0.15, 0.2) is 24.3 Å². The smallest absolute Gasteiger partial charge is 0.231 e. The number of rotatable bonds is 3. The summed E-state index contributed by atoms with van der Waals surface area (Å²) in [5.74, 6) is 0.773. The molecule has 0 aliphatic rings. The van der Waals surface area contributed by atoms with E-state index < -0.39 is 0 Å². The highest BCUT2D eigenvalue weighted by Crippen LogP contribution is 2.22. The lowest BCUT2D eigenvalue weighted by Crippen LogP contribution is -1.97. The van der Waals surface area contributed by atoms with Crippen molar-refractivity contribution in [2.75, 3.05) is 19.7 Å². The first kappa shape index (κ1) is 17.0. The normalized spacial score (nSPS) is 6.94. The second-order valence-electron chi connectivity index (χ2n) is 2.21. The van der Waals surface area contributed by atoms with Crippen molar-refractivity contribution in [2.24, 2.45) is 0 Å². The molecule has 0 atom stereocenters. The number of hydrogen-bond acceptors (Lipinski definition) is 7. The predicted molar refractivity (Wildman–Crippen MR) is 60.5 cm³/mol. The zero-order valence-electron chi connectivity index (χ0n) is 9.44. The maximum atomic E-state index is 8.35. The van der Waals surface area contributed by atoms with Crippen molar-refractivity contribution in [3.8, 4) is 5.75 Å². The highest BCUT2D eigenvalue weighted by atomic mass is 16.6. The molecule has 3 N–H and O–H groups in total. The van der Waals surface area contributed by atoms with Gasteiger partial charge in [0.05, 0.1) is 14.2 Å². The van der Waals surface area contributed by atoms with Crippen LogP contribution in [0.4, 0.5) is 5.69 Å². The van der Waals surface area contributed by atoms with Crippen molar-refractivity contribution in [1.29, 1.82) is 10.8 Å². The molecule has 7 nitrogen and oxygen atoms in total. The fraction of sp³-hybridized carbons (Fsp3) is 0.200. The fourth-order valence-corrected chi connectivity index (χ4v) is 0.839. The minimum Gasteiger partial charge on any atom is -0.495 e. The van der Waals surface area contributed by atoms with Gasteiger partial charge in [-0.05, 0) is 12.1 Å². The number of benzene rings is 1. The van der Waals surface area contributed by atoms with Crippen molar-refractivity contribution < 1.29 is 19.2 Å². The minimum atomic E-state index is 0.750. The molecule has 17 heavy (non-hydrogen) atoms. The Morgan fingerprint density at radius 3 is 2.00 bits per heavy atom. The Hall–Kier alpha value is -2.46. The molecule has 0 heterocycles. The summed E-state index contributed by atoms with van der Waals surface area (Å²) in [7, 11) is 3.18. The van der Waals surface area contributed by atoms with Gasteiger partial charge in [-0.3, -0.25) is 10.3 Å². The molecular weight excluding hydrogens is 226 g/mol. The Kier molecular flexibility index (Phi) is 13.5. The molecule has 1 rings (SSSR count). The summed E-state index contributed by atoms with van der Waals surface area (Å²) in [6, 6.07) is 7.55. The number of methoxy groups -OCH3 is 1. The number of ether oxygens (including phenoxy) is 1. The van der Waals surface area contributed by atoms with Gasteiger partial charge in [-0.15, -0.1) is 0 Å². The van der Waals surface area contributed by atoms with Crippen LogP contribution in [-0.2, 0) is 14.4 Å². The highest BCUT2D eigenvalue weighted by molar-refractivity contribution is 5.54. The van der Waals surface area contributed by atoms with Crippen LogP contribution in [-0.4, -0.2) is 26.4 Å². The van der Waals surface area contributed by atoms with Gasteiger partial charge in [0.25, 0.3) is 0 Å². The number of carbonyl (C=O) groups excluding carboxylic acids is 2. The van der Waals surface area contributed by atoms with Crippen LogP contribution in [0.1, 0.15) is 0 Å². The Bertz CT molecular complexity index is 358. The van der Waals surface area contributed by atoms with E-state index in [1.165, 1.54) is 0 Å². The van der Waals surface area contributed by atoms with Gasteiger partial charge in [0.2, 0.25) is 12.2 Å². The molecule has 0 aliphatic carbocycles. The van der Waals surface area contributed by atoms with E-state index >= 15 is 0 Å². The summed E-state index contributed by atoms with van der Waals surface area (Å²) < 4.78 is 5.06. The first-order valence-electron chi connectivity index (χ1n) is 4.21. The first-order chi connectivity index (χ1) is 8.21. The molecule has 0 aromatic heterocycles. The van der Waals surface area contributed by atoms with E-state index in [1.807, 2.05) is 24.3 Å². The minimum absolute atomic E-state index is 0.750. The van der Waals surface area contributed by atoms with Crippen molar-refractivity contribution in [3.63, 3.8) is 0 Å². The first-order valence-corrected chi connectivity index (χ1v) is 4.21. The van der Waals surface area contributed by atoms with Crippen LogP contribution in [0.25, 0.3) is 0 Å². The molecule has 0 saturated heterocycles. The van der Waals surface area contributed by atoms with Crippen molar-refractivity contribution >= 4 is 17.8 Å². The SMILES string of the molecule is CONc1ccccc1OC.N=C=O.N=C=O. The van der Waals surface area contributed by atoms with Crippen molar-refractivity contribution in [2.45, 2.75) is 0 Å². The molecule has 0 spiro atoms. The summed E-state index contributed by atoms with van der Waals surface area (Å²) >= 11 is 0. The lowest BCUT2D eigenvalue weighted by molar-refractivity contribution is 0.268. The van der Waals surface area contributed by atoms with Gasteiger partial charge in [-0.2, -0.15) is 0 Å². The Balaban J connectivity index is 0. The molecule has 0 amide bonds. The number of para-hydroxylation sites is 2. The zero-order valence-corrected chi connectivity index (χ0v) is 9.44. The molecule has 1 aromatic carbocycles. The average molecular weight is 239 g/mol.